The Balaban J connectivity index is 1.77. The highest BCUT2D eigenvalue weighted by molar-refractivity contribution is 6.31. The molecule has 0 fully saturated rings. The van der Waals surface area contributed by atoms with Gasteiger partial charge in [0.25, 0.3) is 0 Å². The molecule has 0 spiro atoms. The molecular weight excluding hydrogens is 322 g/mol. The van der Waals surface area contributed by atoms with Crippen molar-refractivity contribution in [2.24, 2.45) is 5.92 Å². The number of hydrogen-bond acceptors (Lipinski definition) is 2. The molecule has 4 heteroatoms. The van der Waals surface area contributed by atoms with E-state index >= 15 is 0 Å². The number of rotatable bonds is 2. The third kappa shape index (κ3) is 2.31. The summed E-state index contributed by atoms with van der Waals surface area (Å²) in [5, 5.41) is 13.5. The standard InChI is InChI=1S/C20H18ClNO2/c1-11-17(21)10-9-16-14-3-2-4-15(14)19(22-18(11)16)12-5-7-13(8-6-12)20(23)24/h2-3,5-10,14-15,19,22H,4H2,1H3,(H,23,24)/t14-,15-,19-/m0/s1. The summed E-state index contributed by atoms with van der Waals surface area (Å²) in [6.45, 7) is 2.04. The molecule has 1 heterocycles. The molecule has 122 valence electrons. The van der Waals surface area contributed by atoms with Crippen LogP contribution >= 0.6 is 11.6 Å². The molecule has 0 unspecified atom stereocenters. The van der Waals surface area contributed by atoms with E-state index in [0.717, 1.165) is 28.3 Å². The van der Waals surface area contributed by atoms with E-state index in [9.17, 15) is 4.79 Å². The molecule has 2 aromatic rings. The molecular formula is C20H18ClNO2. The predicted molar refractivity (Wildman–Crippen MR) is 95.9 cm³/mol. The van der Waals surface area contributed by atoms with E-state index in [4.69, 9.17) is 16.7 Å². The maximum atomic E-state index is 11.1. The first-order valence-electron chi connectivity index (χ1n) is 8.11. The molecule has 0 aromatic heterocycles. The van der Waals surface area contributed by atoms with Crippen LogP contribution < -0.4 is 5.32 Å². The van der Waals surface area contributed by atoms with Crippen molar-refractivity contribution in [3.63, 3.8) is 0 Å². The van der Waals surface area contributed by atoms with Crippen LogP contribution in [0.3, 0.4) is 0 Å². The van der Waals surface area contributed by atoms with Gasteiger partial charge in [0.15, 0.2) is 0 Å². The zero-order valence-corrected chi connectivity index (χ0v) is 14.0. The van der Waals surface area contributed by atoms with Crippen LogP contribution in [0.2, 0.25) is 5.02 Å². The third-order valence-corrected chi connectivity index (χ3v) is 5.66. The molecule has 2 aliphatic rings. The van der Waals surface area contributed by atoms with Crippen molar-refractivity contribution in [1.29, 1.82) is 0 Å². The maximum Gasteiger partial charge on any atom is 0.335 e. The van der Waals surface area contributed by atoms with Gasteiger partial charge in [0.05, 0.1) is 11.6 Å². The summed E-state index contributed by atoms with van der Waals surface area (Å²) in [7, 11) is 0. The molecule has 0 radical (unpaired) electrons. The number of carbonyl (C=O) groups is 1. The lowest BCUT2D eigenvalue weighted by Crippen LogP contribution is -2.29. The van der Waals surface area contributed by atoms with Crippen molar-refractivity contribution < 1.29 is 9.90 Å². The van der Waals surface area contributed by atoms with Crippen LogP contribution in [0.1, 0.15) is 45.4 Å². The van der Waals surface area contributed by atoms with Gasteiger partial charge in [0.2, 0.25) is 0 Å². The molecule has 1 aliphatic carbocycles. The fourth-order valence-corrected chi connectivity index (χ4v) is 4.11. The topological polar surface area (TPSA) is 49.3 Å². The number of aromatic carboxylic acids is 1. The van der Waals surface area contributed by atoms with Crippen molar-refractivity contribution >= 4 is 23.3 Å². The van der Waals surface area contributed by atoms with E-state index in [0.29, 0.717) is 17.4 Å². The first-order chi connectivity index (χ1) is 11.6. The second-order valence-corrected chi connectivity index (χ2v) is 6.95. The molecule has 3 nitrogen and oxygen atoms in total. The fourth-order valence-electron chi connectivity index (χ4n) is 3.95. The van der Waals surface area contributed by atoms with Crippen molar-refractivity contribution in [3.05, 3.63) is 75.8 Å². The Labute approximate surface area is 146 Å². The van der Waals surface area contributed by atoms with Crippen LogP contribution in [0.15, 0.2) is 48.6 Å². The SMILES string of the molecule is Cc1c(Cl)ccc2c1N[C@@H](c1ccc(C(=O)O)cc1)[C@H]1CC=C[C@H]21. The molecule has 0 amide bonds. The Hall–Kier alpha value is -2.26. The highest BCUT2D eigenvalue weighted by Crippen LogP contribution is 2.51. The highest BCUT2D eigenvalue weighted by Gasteiger charge is 2.38. The summed E-state index contributed by atoms with van der Waals surface area (Å²) in [6, 6.07) is 11.4. The monoisotopic (exact) mass is 339 g/mol. The molecule has 1 aliphatic heterocycles. The predicted octanol–water partition coefficient (Wildman–Crippen LogP) is 5.17. The molecule has 4 rings (SSSR count). The minimum atomic E-state index is -0.897. The summed E-state index contributed by atoms with van der Waals surface area (Å²) < 4.78 is 0. The number of benzene rings is 2. The highest BCUT2D eigenvalue weighted by atomic mass is 35.5. The Morgan fingerprint density at radius 2 is 1.96 bits per heavy atom. The Kier molecular flexibility index (Phi) is 3.61. The number of nitrogens with one attached hydrogen (secondary N) is 1. The lowest BCUT2D eigenvalue weighted by Gasteiger charge is -2.38. The van der Waals surface area contributed by atoms with E-state index in [-0.39, 0.29) is 6.04 Å². The van der Waals surface area contributed by atoms with Gasteiger partial charge in [-0.25, -0.2) is 4.79 Å². The molecule has 0 saturated carbocycles. The molecule has 24 heavy (non-hydrogen) atoms. The van der Waals surface area contributed by atoms with Crippen LogP contribution in [-0.2, 0) is 0 Å². The molecule has 3 atom stereocenters. The van der Waals surface area contributed by atoms with Gasteiger partial charge in [-0.15, -0.1) is 0 Å². The van der Waals surface area contributed by atoms with Gasteiger partial charge >= 0.3 is 5.97 Å². The first kappa shape index (κ1) is 15.3. The Morgan fingerprint density at radius 3 is 2.67 bits per heavy atom. The fraction of sp³-hybridized carbons (Fsp3) is 0.250. The Bertz CT molecular complexity index is 841. The summed E-state index contributed by atoms with van der Waals surface area (Å²) in [5.41, 5.74) is 4.91. The lowest BCUT2D eigenvalue weighted by atomic mass is 9.76. The van der Waals surface area contributed by atoms with Crippen molar-refractivity contribution in [3.8, 4) is 0 Å². The van der Waals surface area contributed by atoms with Crippen LogP contribution in [0.4, 0.5) is 5.69 Å². The largest absolute Gasteiger partial charge is 0.478 e. The van der Waals surface area contributed by atoms with Gasteiger partial charge in [-0.05, 0) is 54.2 Å². The minimum absolute atomic E-state index is 0.150. The van der Waals surface area contributed by atoms with Crippen LogP contribution in [-0.4, -0.2) is 11.1 Å². The maximum absolute atomic E-state index is 11.1. The van der Waals surface area contributed by atoms with Gasteiger partial charge in [-0.2, -0.15) is 0 Å². The minimum Gasteiger partial charge on any atom is -0.478 e. The zero-order valence-electron chi connectivity index (χ0n) is 13.3. The van der Waals surface area contributed by atoms with Crippen LogP contribution in [0.25, 0.3) is 0 Å². The summed E-state index contributed by atoms with van der Waals surface area (Å²) in [6.07, 6.45) is 5.55. The number of fused-ring (bicyclic) bond motifs is 3. The molecule has 2 N–H and O–H groups in total. The van der Waals surface area contributed by atoms with Gasteiger partial charge < -0.3 is 10.4 Å². The first-order valence-corrected chi connectivity index (χ1v) is 8.49. The molecule has 0 bridgehead atoms. The van der Waals surface area contributed by atoms with Crippen molar-refractivity contribution in [2.75, 3.05) is 5.32 Å². The number of anilines is 1. The van der Waals surface area contributed by atoms with Crippen LogP contribution in [0.5, 0.6) is 0 Å². The average molecular weight is 340 g/mol. The summed E-state index contributed by atoms with van der Waals surface area (Å²) in [5.74, 6) is -0.0818. The smallest absolute Gasteiger partial charge is 0.335 e. The Morgan fingerprint density at radius 1 is 1.21 bits per heavy atom. The van der Waals surface area contributed by atoms with E-state index in [1.54, 1.807) is 12.1 Å². The van der Waals surface area contributed by atoms with E-state index in [1.807, 2.05) is 25.1 Å². The van der Waals surface area contributed by atoms with Crippen molar-refractivity contribution in [1.82, 2.24) is 0 Å². The number of carboxylic acids is 1. The van der Waals surface area contributed by atoms with Gasteiger partial charge in [-0.1, -0.05) is 42.0 Å². The lowest BCUT2D eigenvalue weighted by molar-refractivity contribution is 0.0697. The van der Waals surface area contributed by atoms with Gasteiger partial charge in [0.1, 0.15) is 0 Å². The van der Waals surface area contributed by atoms with E-state index in [2.05, 4.69) is 23.5 Å². The molecule has 2 aromatic carbocycles. The normalized spacial score (nSPS) is 24.2. The van der Waals surface area contributed by atoms with Crippen molar-refractivity contribution in [2.45, 2.75) is 25.3 Å². The second-order valence-electron chi connectivity index (χ2n) is 6.54. The second kappa shape index (κ2) is 5.67. The number of allylic oxidation sites excluding steroid dienone is 2. The number of carboxylic acid groups (broad SMARTS) is 1. The zero-order chi connectivity index (χ0) is 16.8. The van der Waals surface area contributed by atoms with Crippen LogP contribution in [0, 0.1) is 12.8 Å². The molecule has 0 saturated heterocycles. The van der Waals surface area contributed by atoms with E-state index in [1.165, 1.54) is 5.56 Å². The third-order valence-electron chi connectivity index (χ3n) is 5.25. The number of hydrogen-bond donors (Lipinski definition) is 2. The summed E-state index contributed by atoms with van der Waals surface area (Å²) in [4.78, 5) is 11.1. The van der Waals surface area contributed by atoms with Gasteiger partial charge in [-0.3, -0.25) is 0 Å². The quantitative estimate of drug-likeness (QED) is 0.742. The van der Waals surface area contributed by atoms with E-state index < -0.39 is 5.97 Å². The van der Waals surface area contributed by atoms with Gasteiger partial charge in [0, 0.05) is 16.6 Å². The number of halogens is 1. The average Bonchev–Trinajstić information content (AvgIpc) is 3.07. The summed E-state index contributed by atoms with van der Waals surface area (Å²) >= 11 is 6.31.